The molecule has 0 spiro atoms. The van der Waals surface area contributed by atoms with Gasteiger partial charge in [-0.2, -0.15) is 0 Å². The molecule has 0 aliphatic rings. The van der Waals surface area contributed by atoms with Crippen LogP contribution in [0.2, 0.25) is 0 Å². The van der Waals surface area contributed by atoms with Gasteiger partial charge in [0.25, 0.3) is 5.56 Å². The first-order chi connectivity index (χ1) is 13.7. The van der Waals surface area contributed by atoms with Crippen LogP contribution >= 0.6 is 11.3 Å². The van der Waals surface area contributed by atoms with Gasteiger partial charge in [0.05, 0.1) is 18.5 Å². The zero-order valence-electron chi connectivity index (χ0n) is 17.3. The van der Waals surface area contributed by atoms with Gasteiger partial charge in [-0.1, -0.05) is 39.8 Å². The molecule has 5 nitrogen and oxygen atoms in total. The highest BCUT2D eigenvalue weighted by molar-refractivity contribution is 7.20. The van der Waals surface area contributed by atoms with E-state index in [0.717, 1.165) is 0 Å². The summed E-state index contributed by atoms with van der Waals surface area (Å²) in [5.41, 5.74) is 1.04. The molecular weight excluding hydrogens is 391 g/mol. The summed E-state index contributed by atoms with van der Waals surface area (Å²) in [4.78, 5) is 31.5. The van der Waals surface area contributed by atoms with Crippen molar-refractivity contribution >= 4 is 27.5 Å². The smallest absolute Gasteiger partial charge is 0.348 e. The summed E-state index contributed by atoms with van der Waals surface area (Å²) >= 11 is 1.19. The largest absolute Gasteiger partial charge is 0.461 e. The van der Waals surface area contributed by atoms with E-state index in [1.54, 1.807) is 23.6 Å². The standard InChI is InChI=1S/C22H25FN2O3S/c1-12(2)11-28-22(27)18-14(5)17-20(29-18)24-19(13(3)4)25(21(17)26)10-15-7-6-8-16(23)9-15/h6-9,12-13H,10-11H2,1-5H3. The van der Waals surface area contributed by atoms with Gasteiger partial charge in [0, 0.05) is 5.92 Å². The van der Waals surface area contributed by atoms with Crippen LogP contribution in [-0.2, 0) is 11.3 Å². The Morgan fingerprint density at radius 2 is 2.00 bits per heavy atom. The highest BCUT2D eigenvalue weighted by Crippen LogP contribution is 2.29. The Morgan fingerprint density at radius 3 is 2.62 bits per heavy atom. The van der Waals surface area contributed by atoms with Gasteiger partial charge in [-0.05, 0) is 36.1 Å². The number of rotatable bonds is 6. The summed E-state index contributed by atoms with van der Waals surface area (Å²) in [6, 6.07) is 6.18. The van der Waals surface area contributed by atoms with Gasteiger partial charge in [-0.15, -0.1) is 11.3 Å². The molecule has 0 atom stereocenters. The van der Waals surface area contributed by atoms with E-state index in [4.69, 9.17) is 9.72 Å². The average Bonchev–Trinajstić information content (AvgIpc) is 2.98. The minimum atomic E-state index is -0.429. The maximum atomic E-state index is 13.6. The van der Waals surface area contributed by atoms with Crippen molar-refractivity contribution in [2.75, 3.05) is 6.61 Å². The summed E-state index contributed by atoms with van der Waals surface area (Å²) in [6.45, 7) is 10.1. The van der Waals surface area contributed by atoms with Crippen molar-refractivity contribution in [1.82, 2.24) is 9.55 Å². The molecule has 0 aliphatic carbocycles. The monoisotopic (exact) mass is 416 g/mol. The van der Waals surface area contributed by atoms with Crippen LogP contribution in [0, 0.1) is 18.7 Å². The van der Waals surface area contributed by atoms with E-state index < -0.39 is 5.97 Å². The van der Waals surface area contributed by atoms with Crippen LogP contribution in [0.5, 0.6) is 0 Å². The Balaban J connectivity index is 2.13. The summed E-state index contributed by atoms with van der Waals surface area (Å²) in [5.74, 6) is 0.0382. The number of fused-ring (bicyclic) bond motifs is 1. The lowest BCUT2D eigenvalue weighted by molar-refractivity contribution is 0.0464. The lowest BCUT2D eigenvalue weighted by Gasteiger charge is -2.15. The fourth-order valence-electron chi connectivity index (χ4n) is 3.15. The van der Waals surface area contributed by atoms with E-state index in [1.807, 2.05) is 27.7 Å². The number of esters is 1. The van der Waals surface area contributed by atoms with Crippen molar-refractivity contribution in [3.63, 3.8) is 0 Å². The molecule has 0 unspecified atom stereocenters. The van der Waals surface area contributed by atoms with Crippen molar-refractivity contribution in [2.45, 2.75) is 47.1 Å². The maximum Gasteiger partial charge on any atom is 0.348 e. The van der Waals surface area contributed by atoms with Gasteiger partial charge < -0.3 is 4.74 Å². The van der Waals surface area contributed by atoms with Gasteiger partial charge in [-0.3, -0.25) is 9.36 Å². The highest BCUT2D eigenvalue weighted by Gasteiger charge is 2.23. The molecule has 0 saturated heterocycles. The van der Waals surface area contributed by atoms with Crippen LogP contribution in [-0.4, -0.2) is 22.1 Å². The number of hydrogen-bond acceptors (Lipinski definition) is 5. The van der Waals surface area contributed by atoms with E-state index in [0.29, 0.717) is 38.7 Å². The summed E-state index contributed by atoms with van der Waals surface area (Å²) < 4.78 is 20.5. The summed E-state index contributed by atoms with van der Waals surface area (Å²) in [5, 5.41) is 0.423. The lowest BCUT2D eigenvalue weighted by Crippen LogP contribution is -2.26. The number of benzene rings is 1. The average molecular weight is 417 g/mol. The van der Waals surface area contributed by atoms with E-state index in [1.165, 1.54) is 23.5 Å². The van der Waals surface area contributed by atoms with E-state index >= 15 is 0 Å². The fraction of sp³-hybridized carbons (Fsp3) is 0.409. The second kappa shape index (κ2) is 8.45. The van der Waals surface area contributed by atoms with Crippen LogP contribution in [0.3, 0.4) is 0 Å². The zero-order chi connectivity index (χ0) is 21.3. The van der Waals surface area contributed by atoms with Gasteiger partial charge in [0.2, 0.25) is 0 Å². The highest BCUT2D eigenvalue weighted by atomic mass is 32.1. The minimum Gasteiger partial charge on any atom is -0.461 e. The molecule has 2 heterocycles. The van der Waals surface area contributed by atoms with Crippen LogP contribution in [0.15, 0.2) is 29.1 Å². The quantitative estimate of drug-likeness (QED) is 0.537. The molecule has 3 aromatic rings. The number of aryl methyl sites for hydroxylation is 1. The molecule has 0 radical (unpaired) electrons. The number of halogens is 1. The molecule has 0 bridgehead atoms. The van der Waals surface area contributed by atoms with Crippen LogP contribution in [0.25, 0.3) is 10.2 Å². The molecular formula is C22H25FN2O3S. The van der Waals surface area contributed by atoms with Crippen LogP contribution < -0.4 is 5.56 Å². The molecule has 0 saturated carbocycles. The van der Waals surface area contributed by atoms with E-state index in [9.17, 15) is 14.0 Å². The first-order valence-electron chi connectivity index (χ1n) is 9.64. The predicted octanol–water partition coefficient (Wildman–Crippen LogP) is 4.89. The maximum absolute atomic E-state index is 13.6. The molecule has 0 N–H and O–H groups in total. The third kappa shape index (κ3) is 4.40. The second-order valence-electron chi connectivity index (χ2n) is 7.87. The fourth-order valence-corrected chi connectivity index (χ4v) is 4.22. The molecule has 29 heavy (non-hydrogen) atoms. The van der Waals surface area contributed by atoms with Crippen molar-refractivity contribution in [2.24, 2.45) is 5.92 Å². The molecule has 1 aromatic carbocycles. The molecule has 3 rings (SSSR count). The number of nitrogens with zero attached hydrogens (tertiary/aromatic N) is 2. The van der Waals surface area contributed by atoms with Gasteiger partial charge in [0.15, 0.2) is 0 Å². The third-order valence-electron chi connectivity index (χ3n) is 4.56. The van der Waals surface area contributed by atoms with Gasteiger partial charge in [-0.25, -0.2) is 14.2 Å². The number of hydrogen-bond donors (Lipinski definition) is 0. The SMILES string of the molecule is Cc1c(C(=O)OCC(C)C)sc2nc(C(C)C)n(Cc3cccc(F)c3)c(=O)c12. The van der Waals surface area contributed by atoms with Gasteiger partial charge in [0.1, 0.15) is 21.3 Å². The molecule has 0 fully saturated rings. The zero-order valence-corrected chi connectivity index (χ0v) is 18.1. The summed E-state index contributed by atoms with van der Waals surface area (Å²) in [6.07, 6.45) is 0. The normalized spacial score (nSPS) is 11.6. The number of ether oxygens (including phenoxy) is 1. The Morgan fingerprint density at radius 1 is 1.28 bits per heavy atom. The molecule has 0 amide bonds. The Labute approximate surface area is 173 Å². The number of carbonyl (C=O) groups excluding carboxylic acids is 1. The summed E-state index contributed by atoms with van der Waals surface area (Å²) in [7, 11) is 0. The predicted molar refractivity (Wildman–Crippen MR) is 113 cm³/mol. The minimum absolute atomic E-state index is 0.0144. The molecule has 154 valence electrons. The van der Waals surface area contributed by atoms with Crippen LogP contribution in [0.1, 0.15) is 60.2 Å². The third-order valence-corrected chi connectivity index (χ3v) is 5.72. The van der Waals surface area contributed by atoms with E-state index in [-0.39, 0.29) is 29.8 Å². The van der Waals surface area contributed by atoms with Crippen molar-refractivity contribution in [3.8, 4) is 0 Å². The van der Waals surface area contributed by atoms with Gasteiger partial charge >= 0.3 is 5.97 Å². The van der Waals surface area contributed by atoms with Crippen LogP contribution in [0.4, 0.5) is 4.39 Å². The van der Waals surface area contributed by atoms with E-state index in [2.05, 4.69) is 0 Å². The van der Waals surface area contributed by atoms with Crippen molar-refractivity contribution < 1.29 is 13.9 Å². The molecule has 2 aromatic heterocycles. The van der Waals surface area contributed by atoms with Crippen molar-refractivity contribution in [3.05, 3.63) is 62.3 Å². The second-order valence-corrected chi connectivity index (χ2v) is 8.87. The van der Waals surface area contributed by atoms with Crippen molar-refractivity contribution in [1.29, 1.82) is 0 Å². The molecule has 7 heteroatoms. The lowest BCUT2D eigenvalue weighted by atomic mass is 10.1. The first-order valence-corrected chi connectivity index (χ1v) is 10.5. The Bertz CT molecular complexity index is 1120. The number of carbonyl (C=O) groups is 1. The molecule has 0 aliphatic heterocycles. The number of aromatic nitrogens is 2. The number of thiophene rings is 1. The Kier molecular flexibility index (Phi) is 6.17. The topological polar surface area (TPSA) is 61.2 Å². The Hall–Kier alpha value is -2.54. The first kappa shape index (κ1) is 21.2.